The van der Waals surface area contributed by atoms with Crippen LogP contribution in [0.15, 0.2) is 6.20 Å². The van der Waals surface area contributed by atoms with Crippen molar-refractivity contribution in [2.45, 2.75) is 58.0 Å². The Morgan fingerprint density at radius 2 is 2.00 bits per heavy atom. The highest BCUT2D eigenvalue weighted by Crippen LogP contribution is 2.39. The highest BCUT2D eigenvalue weighted by Gasteiger charge is 2.30. The lowest BCUT2D eigenvalue weighted by atomic mass is 9.91. The maximum atomic E-state index is 6.03. The van der Waals surface area contributed by atoms with Gasteiger partial charge in [0, 0.05) is 31.4 Å². The molecular weight excluding hydrogens is 236 g/mol. The van der Waals surface area contributed by atoms with Crippen molar-refractivity contribution in [1.82, 2.24) is 9.55 Å². The van der Waals surface area contributed by atoms with Gasteiger partial charge in [0.05, 0.1) is 5.69 Å². The van der Waals surface area contributed by atoms with E-state index < -0.39 is 0 Å². The summed E-state index contributed by atoms with van der Waals surface area (Å²) in [6.07, 6.45) is 8.35. The summed E-state index contributed by atoms with van der Waals surface area (Å²) in [4.78, 5) is 7.31. The van der Waals surface area contributed by atoms with Gasteiger partial charge in [0.15, 0.2) is 0 Å². The molecule has 0 bridgehead atoms. The third-order valence-electron chi connectivity index (χ3n) is 4.63. The van der Waals surface area contributed by atoms with Gasteiger partial charge in [-0.15, -0.1) is 0 Å². The molecule has 1 saturated carbocycles. The van der Waals surface area contributed by atoms with Crippen LogP contribution in [0.1, 0.15) is 51.3 Å². The number of hydrogen-bond donors (Lipinski definition) is 1. The first-order chi connectivity index (χ1) is 9.19. The van der Waals surface area contributed by atoms with Crippen LogP contribution in [0.2, 0.25) is 0 Å². The lowest BCUT2D eigenvalue weighted by Crippen LogP contribution is -2.40. The third kappa shape index (κ3) is 2.64. The summed E-state index contributed by atoms with van der Waals surface area (Å²) in [5.74, 6) is 1.90. The summed E-state index contributed by atoms with van der Waals surface area (Å²) in [7, 11) is 0. The molecule has 1 aliphatic heterocycles. The van der Waals surface area contributed by atoms with Crippen LogP contribution in [-0.4, -0.2) is 28.7 Å². The number of rotatable bonds is 4. The van der Waals surface area contributed by atoms with Crippen molar-refractivity contribution in [3.8, 4) is 0 Å². The molecule has 0 spiro atoms. The number of nitrogens with two attached hydrogens (primary N) is 1. The highest BCUT2D eigenvalue weighted by molar-refractivity contribution is 5.36. The fourth-order valence-electron chi connectivity index (χ4n) is 3.08. The summed E-state index contributed by atoms with van der Waals surface area (Å²) in [5.41, 5.74) is 7.26. The average molecular weight is 262 g/mol. The molecule has 0 aromatic carbocycles. The van der Waals surface area contributed by atoms with Gasteiger partial charge in [-0.3, -0.25) is 0 Å². The van der Waals surface area contributed by atoms with E-state index in [0.29, 0.717) is 18.0 Å². The van der Waals surface area contributed by atoms with Crippen LogP contribution < -0.4 is 10.6 Å². The lowest BCUT2D eigenvalue weighted by molar-refractivity contribution is 0.351. The summed E-state index contributed by atoms with van der Waals surface area (Å²) in [5, 5.41) is 0. The van der Waals surface area contributed by atoms with Crippen molar-refractivity contribution in [1.29, 1.82) is 0 Å². The predicted octanol–water partition coefficient (Wildman–Crippen LogP) is 2.34. The van der Waals surface area contributed by atoms with E-state index in [9.17, 15) is 0 Å². The van der Waals surface area contributed by atoms with E-state index >= 15 is 0 Å². The lowest BCUT2D eigenvalue weighted by Gasteiger charge is -2.34. The Morgan fingerprint density at radius 3 is 2.53 bits per heavy atom. The van der Waals surface area contributed by atoms with Crippen LogP contribution in [0.4, 0.5) is 5.95 Å². The van der Waals surface area contributed by atoms with E-state index in [1.54, 1.807) is 0 Å². The van der Waals surface area contributed by atoms with Gasteiger partial charge in [-0.1, -0.05) is 6.92 Å². The summed E-state index contributed by atoms with van der Waals surface area (Å²) < 4.78 is 2.42. The number of hydrogen-bond acceptors (Lipinski definition) is 3. The van der Waals surface area contributed by atoms with E-state index in [4.69, 9.17) is 10.7 Å². The molecule has 1 saturated heterocycles. The SMILES string of the molecule is CCc1cn(C2CC2)c(N2CCC(C(C)N)CC2)n1. The number of aromatic nitrogens is 2. The Hall–Kier alpha value is -1.03. The van der Waals surface area contributed by atoms with Crippen molar-refractivity contribution in [3.63, 3.8) is 0 Å². The number of nitrogens with zero attached hydrogens (tertiary/aromatic N) is 3. The second-order valence-electron chi connectivity index (χ2n) is 6.21. The second kappa shape index (κ2) is 5.16. The second-order valence-corrected chi connectivity index (χ2v) is 6.21. The van der Waals surface area contributed by atoms with Crippen molar-refractivity contribution in [2.75, 3.05) is 18.0 Å². The molecule has 106 valence electrons. The zero-order valence-electron chi connectivity index (χ0n) is 12.2. The summed E-state index contributed by atoms with van der Waals surface area (Å²) in [6, 6.07) is 1.05. The first-order valence-electron chi connectivity index (χ1n) is 7.77. The minimum atomic E-state index is 0.330. The Kier molecular flexibility index (Phi) is 3.52. The number of anilines is 1. The van der Waals surface area contributed by atoms with Gasteiger partial charge in [0.2, 0.25) is 5.95 Å². The normalized spacial score (nSPS) is 22.8. The standard InChI is InChI=1S/C15H26N4/c1-3-13-10-19(14-4-5-14)15(17-13)18-8-6-12(7-9-18)11(2)16/h10-12,14H,3-9,16H2,1-2H3. The molecule has 0 amide bonds. The molecule has 4 heteroatoms. The zero-order chi connectivity index (χ0) is 13.4. The number of imidazole rings is 1. The quantitative estimate of drug-likeness (QED) is 0.906. The molecule has 1 atom stereocenters. The maximum Gasteiger partial charge on any atom is 0.205 e. The fraction of sp³-hybridized carbons (Fsp3) is 0.800. The van der Waals surface area contributed by atoms with Crippen LogP contribution >= 0.6 is 0 Å². The largest absolute Gasteiger partial charge is 0.342 e. The smallest absolute Gasteiger partial charge is 0.205 e. The molecule has 19 heavy (non-hydrogen) atoms. The van der Waals surface area contributed by atoms with Gasteiger partial charge in [-0.25, -0.2) is 4.98 Å². The molecule has 1 aliphatic carbocycles. The van der Waals surface area contributed by atoms with Crippen LogP contribution in [-0.2, 0) is 6.42 Å². The molecule has 2 aliphatic rings. The number of aryl methyl sites for hydroxylation is 1. The van der Waals surface area contributed by atoms with Crippen molar-refractivity contribution in [2.24, 2.45) is 11.7 Å². The van der Waals surface area contributed by atoms with Gasteiger partial charge >= 0.3 is 0 Å². The van der Waals surface area contributed by atoms with Gasteiger partial charge < -0.3 is 15.2 Å². The average Bonchev–Trinajstić information content (AvgIpc) is 3.18. The molecule has 2 N–H and O–H groups in total. The van der Waals surface area contributed by atoms with Gasteiger partial charge in [-0.05, 0) is 44.9 Å². The molecule has 1 aromatic heterocycles. The van der Waals surface area contributed by atoms with Crippen LogP contribution in [0.3, 0.4) is 0 Å². The Balaban J connectivity index is 1.74. The maximum absolute atomic E-state index is 6.03. The predicted molar refractivity (Wildman–Crippen MR) is 78.5 cm³/mol. The van der Waals surface area contributed by atoms with Crippen molar-refractivity contribution >= 4 is 5.95 Å². The minimum Gasteiger partial charge on any atom is -0.342 e. The minimum absolute atomic E-state index is 0.330. The zero-order valence-corrected chi connectivity index (χ0v) is 12.2. The van der Waals surface area contributed by atoms with Gasteiger partial charge in [-0.2, -0.15) is 0 Å². The van der Waals surface area contributed by atoms with Gasteiger partial charge in [0.25, 0.3) is 0 Å². The van der Waals surface area contributed by atoms with Crippen LogP contribution in [0.5, 0.6) is 0 Å². The summed E-state index contributed by atoms with van der Waals surface area (Å²) >= 11 is 0. The monoisotopic (exact) mass is 262 g/mol. The Morgan fingerprint density at radius 1 is 1.32 bits per heavy atom. The van der Waals surface area contributed by atoms with Crippen LogP contribution in [0.25, 0.3) is 0 Å². The van der Waals surface area contributed by atoms with E-state index in [-0.39, 0.29) is 0 Å². The van der Waals surface area contributed by atoms with E-state index in [0.717, 1.165) is 19.5 Å². The van der Waals surface area contributed by atoms with Crippen molar-refractivity contribution < 1.29 is 0 Å². The van der Waals surface area contributed by atoms with Crippen molar-refractivity contribution in [3.05, 3.63) is 11.9 Å². The van der Waals surface area contributed by atoms with E-state index in [2.05, 4.69) is 29.5 Å². The topological polar surface area (TPSA) is 47.1 Å². The molecule has 2 heterocycles. The first-order valence-corrected chi connectivity index (χ1v) is 7.77. The molecule has 3 rings (SSSR count). The fourth-order valence-corrected chi connectivity index (χ4v) is 3.08. The molecule has 4 nitrogen and oxygen atoms in total. The first kappa shape index (κ1) is 13.0. The highest BCUT2D eigenvalue weighted by atomic mass is 15.3. The number of piperidine rings is 1. The Labute approximate surface area is 116 Å². The van der Waals surface area contributed by atoms with Crippen LogP contribution in [0, 0.1) is 5.92 Å². The molecule has 1 unspecified atom stereocenters. The molecular formula is C15H26N4. The van der Waals surface area contributed by atoms with E-state index in [1.165, 1.54) is 37.3 Å². The molecule has 2 fully saturated rings. The Bertz CT molecular complexity index is 425. The van der Waals surface area contributed by atoms with E-state index in [1.807, 2.05) is 0 Å². The van der Waals surface area contributed by atoms with Gasteiger partial charge in [0.1, 0.15) is 0 Å². The summed E-state index contributed by atoms with van der Waals surface area (Å²) in [6.45, 7) is 6.55. The molecule has 1 aromatic rings. The molecule has 0 radical (unpaired) electrons. The third-order valence-corrected chi connectivity index (χ3v) is 4.63.